The van der Waals surface area contributed by atoms with E-state index in [9.17, 15) is 5.11 Å². The molecule has 1 fully saturated rings. The molecule has 0 amide bonds. The number of hydrogen-bond acceptors (Lipinski definition) is 4. The van der Waals surface area contributed by atoms with Gasteiger partial charge in [0.15, 0.2) is 0 Å². The number of pyridine rings is 1. The van der Waals surface area contributed by atoms with Crippen molar-refractivity contribution < 1.29 is 5.11 Å². The predicted octanol–water partition coefficient (Wildman–Crippen LogP) is 0.501. The monoisotopic (exact) mass is 207 g/mol. The number of nitrogens with zero attached hydrogens (tertiary/aromatic N) is 2. The zero-order chi connectivity index (χ0) is 10.7. The van der Waals surface area contributed by atoms with Crippen LogP contribution in [-0.4, -0.2) is 29.3 Å². The number of aliphatic hydroxyl groups is 1. The van der Waals surface area contributed by atoms with E-state index < -0.39 is 0 Å². The summed E-state index contributed by atoms with van der Waals surface area (Å²) < 4.78 is 0. The van der Waals surface area contributed by atoms with Crippen LogP contribution in [0.25, 0.3) is 0 Å². The molecule has 0 spiro atoms. The maximum atomic E-state index is 9.55. The molecule has 1 aromatic rings. The Morgan fingerprint density at radius 1 is 1.53 bits per heavy atom. The maximum Gasteiger partial charge on any atom is 0.128 e. The fraction of sp³-hybridized carbons (Fsp3) is 0.545. The van der Waals surface area contributed by atoms with E-state index in [1.165, 1.54) is 0 Å². The van der Waals surface area contributed by atoms with Crippen LogP contribution in [0.5, 0.6) is 0 Å². The molecule has 0 saturated carbocycles. The topological polar surface area (TPSA) is 62.4 Å². The van der Waals surface area contributed by atoms with E-state index in [0.717, 1.165) is 30.8 Å². The summed E-state index contributed by atoms with van der Waals surface area (Å²) in [5.74, 6) is 0.936. The van der Waals surface area contributed by atoms with Gasteiger partial charge in [-0.15, -0.1) is 0 Å². The first-order chi connectivity index (χ1) is 7.29. The molecule has 3 N–H and O–H groups in total. The van der Waals surface area contributed by atoms with Gasteiger partial charge in [0.05, 0.1) is 6.10 Å². The molecule has 4 heteroatoms. The van der Waals surface area contributed by atoms with Crippen LogP contribution in [0.1, 0.15) is 18.4 Å². The van der Waals surface area contributed by atoms with Crippen LogP contribution in [0.15, 0.2) is 18.3 Å². The number of hydrogen-bond donors (Lipinski definition) is 2. The van der Waals surface area contributed by atoms with Gasteiger partial charge < -0.3 is 15.7 Å². The molecule has 2 heterocycles. The van der Waals surface area contributed by atoms with Crippen LogP contribution < -0.4 is 10.6 Å². The van der Waals surface area contributed by atoms with Gasteiger partial charge in [-0.1, -0.05) is 6.07 Å². The van der Waals surface area contributed by atoms with Gasteiger partial charge in [-0.2, -0.15) is 0 Å². The van der Waals surface area contributed by atoms with Crippen molar-refractivity contribution in [1.82, 2.24) is 4.98 Å². The van der Waals surface area contributed by atoms with Crippen molar-refractivity contribution in [3.05, 3.63) is 23.9 Å². The summed E-state index contributed by atoms with van der Waals surface area (Å²) in [6.45, 7) is 2.19. The van der Waals surface area contributed by atoms with Crippen LogP contribution in [0.4, 0.5) is 5.82 Å². The molecule has 0 aliphatic carbocycles. The molecule has 0 bridgehead atoms. The third-order valence-electron chi connectivity index (χ3n) is 2.77. The summed E-state index contributed by atoms with van der Waals surface area (Å²) in [6.07, 6.45) is 3.52. The van der Waals surface area contributed by atoms with Gasteiger partial charge in [-0.3, -0.25) is 0 Å². The van der Waals surface area contributed by atoms with E-state index >= 15 is 0 Å². The molecule has 4 nitrogen and oxygen atoms in total. The second-order valence-electron chi connectivity index (χ2n) is 3.97. The molecule has 1 atom stereocenters. The summed E-state index contributed by atoms with van der Waals surface area (Å²) in [5.41, 5.74) is 6.55. The molecular formula is C11H17N3O. The van der Waals surface area contributed by atoms with Crippen molar-refractivity contribution in [2.24, 2.45) is 5.73 Å². The van der Waals surface area contributed by atoms with Gasteiger partial charge in [-0.05, 0) is 24.5 Å². The first-order valence-corrected chi connectivity index (χ1v) is 5.37. The quantitative estimate of drug-likeness (QED) is 0.741. The Morgan fingerprint density at radius 3 is 3.00 bits per heavy atom. The second kappa shape index (κ2) is 4.59. The number of aliphatic hydroxyl groups excluding tert-OH is 1. The van der Waals surface area contributed by atoms with Crippen LogP contribution in [0.3, 0.4) is 0 Å². The van der Waals surface area contributed by atoms with Crippen LogP contribution >= 0.6 is 0 Å². The van der Waals surface area contributed by atoms with Gasteiger partial charge in [0.25, 0.3) is 0 Å². The number of nitrogens with two attached hydrogens (primary N) is 1. The molecule has 0 aromatic carbocycles. The van der Waals surface area contributed by atoms with Gasteiger partial charge in [0.2, 0.25) is 0 Å². The predicted molar refractivity (Wildman–Crippen MR) is 59.6 cm³/mol. The average Bonchev–Trinajstić information content (AvgIpc) is 2.29. The molecule has 1 aliphatic rings. The number of aromatic nitrogens is 1. The minimum absolute atomic E-state index is 0.213. The highest BCUT2D eigenvalue weighted by atomic mass is 16.3. The zero-order valence-electron chi connectivity index (χ0n) is 8.76. The van der Waals surface area contributed by atoms with Gasteiger partial charge in [0, 0.05) is 25.8 Å². The highest BCUT2D eigenvalue weighted by molar-refractivity contribution is 5.39. The van der Waals surface area contributed by atoms with E-state index in [-0.39, 0.29) is 6.10 Å². The Kier molecular flexibility index (Phi) is 3.18. The van der Waals surface area contributed by atoms with E-state index in [2.05, 4.69) is 9.88 Å². The molecule has 0 radical (unpaired) electrons. The lowest BCUT2D eigenvalue weighted by molar-refractivity contribution is 0.154. The third kappa shape index (κ3) is 2.46. The summed E-state index contributed by atoms with van der Waals surface area (Å²) in [6, 6.07) is 3.96. The maximum absolute atomic E-state index is 9.55. The second-order valence-corrected chi connectivity index (χ2v) is 3.97. The minimum Gasteiger partial charge on any atom is -0.391 e. The SMILES string of the molecule is NCc1ccc(N2CCCC(O)C2)nc1. The molecule has 1 saturated heterocycles. The fourth-order valence-electron chi connectivity index (χ4n) is 1.89. The van der Waals surface area contributed by atoms with Gasteiger partial charge in [0.1, 0.15) is 5.82 Å². The summed E-state index contributed by atoms with van der Waals surface area (Å²) in [4.78, 5) is 6.46. The Labute approximate surface area is 89.7 Å². The van der Waals surface area contributed by atoms with Crippen molar-refractivity contribution in [3.63, 3.8) is 0 Å². The van der Waals surface area contributed by atoms with Crippen molar-refractivity contribution in [3.8, 4) is 0 Å². The van der Waals surface area contributed by atoms with Crippen molar-refractivity contribution in [2.75, 3.05) is 18.0 Å². The Hall–Kier alpha value is -1.13. The summed E-state index contributed by atoms with van der Waals surface area (Å²) >= 11 is 0. The van der Waals surface area contributed by atoms with Crippen LogP contribution in [0, 0.1) is 0 Å². The minimum atomic E-state index is -0.213. The van der Waals surface area contributed by atoms with Crippen molar-refractivity contribution >= 4 is 5.82 Å². The number of anilines is 1. The van der Waals surface area contributed by atoms with E-state index in [4.69, 9.17) is 5.73 Å². The molecular weight excluding hydrogens is 190 g/mol. The smallest absolute Gasteiger partial charge is 0.128 e. The van der Waals surface area contributed by atoms with Gasteiger partial charge in [-0.25, -0.2) is 4.98 Å². The summed E-state index contributed by atoms with van der Waals surface area (Å²) in [7, 11) is 0. The van der Waals surface area contributed by atoms with E-state index in [1.807, 2.05) is 12.1 Å². The molecule has 15 heavy (non-hydrogen) atoms. The normalized spacial score (nSPS) is 21.7. The molecule has 1 unspecified atom stereocenters. The first-order valence-electron chi connectivity index (χ1n) is 5.37. The molecule has 82 valence electrons. The number of piperidine rings is 1. The summed E-state index contributed by atoms with van der Waals surface area (Å²) in [5, 5.41) is 9.55. The Bertz CT molecular complexity index is 312. The van der Waals surface area contributed by atoms with E-state index in [0.29, 0.717) is 13.1 Å². The fourth-order valence-corrected chi connectivity index (χ4v) is 1.89. The largest absolute Gasteiger partial charge is 0.391 e. The highest BCUT2D eigenvalue weighted by Crippen LogP contribution is 2.17. The lowest BCUT2D eigenvalue weighted by atomic mass is 10.1. The lowest BCUT2D eigenvalue weighted by Crippen LogP contribution is -2.38. The van der Waals surface area contributed by atoms with E-state index in [1.54, 1.807) is 6.20 Å². The highest BCUT2D eigenvalue weighted by Gasteiger charge is 2.18. The Morgan fingerprint density at radius 2 is 2.40 bits per heavy atom. The van der Waals surface area contributed by atoms with Crippen molar-refractivity contribution in [1.29, 1.82) is 0 Å². The van der Waals surface area contributed by atoms with Crippen molar-refractivity contribution in [2.45, 2.75) is 25.5 Å². The number of rotatable bonds is 2. The van der Waals surface area contributed by atoms with Gasteiger partial charge >= 0.3 is 0 Å². The standard InChI is InChI=1S/C11H17N3O/c12-6-9-3-4-11(13-7-9)14-5-1-2-10(15)8-14/h3-4,7,10,15H,1-2,5-6,8,12H2. The molecule has 1 aromatic heterocycles. The van der Waals surface area contributed by atoms with Crippen LogP contribution in [0.2, 0.25) is 0 Å². The van der Waals surface area contributed by atoms with Crippen LogP contribution in [-0.2, 0) is 6.54 Å². The molecule has 1 aliphatic heterocycles. The number of β-amino-alcohol motifs (C(OH)–C–C–N with tert-alkyl or cyclic N) is 1. The first kappa shape index (κ1) is 10.4. The zero-order valence-corrected chi connectivity index (χ0v) is 8.76. The third-order valence-corrected chi connectivity index (χ3v) is 2.77. The lowest BCUT2D eigenvalue weighted by Gasteiger charge is -2.31. The average molecular weight is 207 g/mol. The Balaban J connectivity index is 2.07. The molecule has 2 rings (SSSR count).